The molecule has 0 aliphatic rings. The molecule has 1 heterocycles. The summed E-state index contributed by atoms with van der Waals surface area (Å²) in [4.78, 5) is 4.34. The third kappa shape index (κ3) is 4.69. The Morgan fingerprint density at radius 3 is 2.62 bits per heavy atom. The van der Waals surface area contributed by atoms with Crippen molar-refractivity contribution in [1.29, 1.82) is 0 Å². The molecule has 1 aromatic rings. The molecule has 0 fully saturated rings. The molecule has 0 amide bonds. The van der Waals surface area contributed by atoms with E-state index in [1.54, 1.807) is 0 Å². The summed E-state index contributed by atoms with van der Waals surface area (Å²) in [6.45, 7) is 11.0. The summed E-state index contributed by atoms with van der Waals surface area (Å²) in [5, 5.41) is 3.41. The molecular formula is C13H25N3. The fourth-order valence-electron chi connectivity index (χ4n) is 1.73. The van der Waals surface area contributed by atoms with Crippen LogP contribution in [-0.4, -0.2) is 16.1 Å². The Balaban J connectivity index is 2.33. The van der Waals surface area contributed by atoms with Crippen LogP contribution >= 0.6 is 0 Å². The predicted octanol–water partition coefficient (Wildman–Crippen LogP) is 3.39. The monoisotopic (exact) mass is 223 g/mol. The minimum Gasteiger partial charge on any atom is -0.356 e. The number of hydrogen-bond donors (Lipinski definition) is 1. The second kappa shape index (κ2) is 6.56. The predicted molar refractivity (Wildman–Crippen MR) is 69.6 cm³/mol. The number of hydrogen-bond acceptors (Lipinski definition) is 2. The average molecular weight is 223 g/mol. The standard InChI is InChI=1S/C13H25N3/c1-11(2)6-5-7-14-13-15-8-9-16(13)10-12(3)4/h8-9,11-12H,5-7,10H2,1-4H3,(H,14,15). The first-order valence-corrected chi connectivity index (χ1v) is 6.34. The number of nitrogens with one attached hydrogen (secondary N) is 1. The van der Waals surface area contributed by atoms with Gasteiger partial charge in [0, 0.05) is 25.5 Å². The van der Waals surface area contributed by atoms with E-state index >= 15 is 0 Å². The van der Waals surface area contributed by atoms with Crippen molar-refractivity contribution in [1.82, 2.24) is 9.55 Å². The molecular weight excluding hydrogens is 198 g/mol. The normalized spacial score (nSPS) is 11.4. The highest BCUT2D eigenvalue weighted by Gasteiger charge is 2.03. The van der Waals surface area contributed by atoms with Gasteiger partial charge in [-0.1, -0.05) is 27.7 Å². The van der Waals surface area contributed by atoms with E-state index in [0.717, 1.165) is 25.0 Å². The van der Waals surface area contributed by atoms with E-state index in [0.29, 0.717) is 5.92 Å². The Morgan fingerprint density at radius 2 is 2.00 bits per heavy atom. The van der Waals surface area contributed by atoms with Crippen LogP contribution in [-0.2, 0) is 6.54 Å². The van der Waals surface area contributed by atoms with Crippen molar-refractivity contribution < 1.29 is 0 Å². The summed E-state index contributed by atoms with van der Waals surface area (Å²) in [6, 6.07) is 0. The molecule has 92 valence electrons. The van der Waals surface area contributed by atoms with E-state index in [2.05, 4.69) is 42.6 Å². The van der Waals surface area contributed by atoms with Gasteiger partial charge in [-0.05, 0) is 24.7 Å². The molecule has 0 aliphatic carbocycles. The van der Waals surface area contributed by atoms with Crippen LogP contribution in [0.3, 0.4) is 0 Å². The van der Waals surface area contributed by atoms with Crippen molar-refractivity contribution in [2.24, 2.45) is 11.8 Å². The van der Waals surface area contributed by atoms with Crippen molar-refractivity contribution in [3.63, 3.8) is 0 Å². The smallest absolute Gasteiger partial charge is 0.202 e. The average Bonchev–Trinajstić information content (AvgIpc) is 2.59. The Hall–Kier alpha value is -0.990. The highest BCUT2D eigenvalue weighted by molar-refractivity contribution is 5.25. The van der Waals surface area contributed by atoms with Crippen LogP contribution in [0, 0.1) is 11.8 Å². The largest absolute Gasteiger partial charge is 0.356 e. The highest BCUT2D eigenvalue weighted by atomic mass is 15.2. The maximum atomic E-state index is 4.34. The molecule has 0 aromatic carbocycles. The molecule has 3 nitrogen and oxygen atoms in total. The highest BCUT2D eigenvalue weighted by Crippen LogP contribution is 2.09. The van der Waals surface area contributed by atoms with Crippen molar-refractivity contribution in [2.75, 3.05) is 11.9 Å². The van der Waals surface area contributed by atoms with Crippen LogP contribution in [0.1, 0.15) is 40.5 Å². The van der Waals surface area contributed by atoms with Gasteiger partial charge in [0.2, 0.25) is 5.95 Å². The lowest BCUT2D eigenvalue weighted by molar-refractivity contribution is 0.524. The van der Waals surface area contributed by atoms with Crippen LogP contribution in [0.15, 0.2) is 12.4 Å². The third-order valence-electron chi connectivity index (χ3n) is 2.52. The molecule has 1 N–H and O–H groups in total. The lowest BCUT2D eigenvalue weighted by atomic mass is 10.1. The summed E-state index contributed by atoms with van der Waals surface area (Å²) in [5.41, 5.74) is 0. The molecule has 0 unspecified atom stereocenters. The maximum Gasteiger partial charge on any atom is 0.202 e. The van der Waals surface area contributed by atoms with Gasteiger partial charge in [-0.15, -0.1) is 0 Å². The van der Waals surface area contributed by atoms with Crippen LogP contribution < -0.4 is 5.32 Å². The summed E-state index contributed by atoms with van der Waals surface area (Å²) in [7, 11) is 0. The van der Waals surface area contributed by atoms with Crippen LogP contribution in [0.2, 0.25) is 0 Å². The maximum absolute atomic E-state index is 4.34. The molecule has 0 bridgehead atoms. The summed E-state index contributed by atoms with van der Waals surface area (Å²) in [6.07, 6.45) is 6.40. The minimum absolute atomic E-state index is 0.658. The number of rotatable bonds is 7. The van der Waals surface area contributed by atoms with E-state index in [4.69, 9.17) is 0 Å². The summed E-state index contributed by atoms with van der Waals surface area (Å²) in [5.74, 6) is 2.46. The lowest BCUT2D eigenvalue weighted by Gasteiger charge is -2.12. The van der Waals surface area contributed by atoms with Gasteiger partial charge in [0.25, 0.3) is 0 Å². The Morgan fingerprint density at radius 1 is 1.25 bits per heavy atom. The van der Waals surface area contributed by atoms with Gasteiger partial charge in [0.05, 0.1) is 0 Å². The zero-order valence-electron chi connectivity index (χ0n) is 11.0. The van der Waals surface area contributed by atoms with E-state index < -0.39 is 0 Å². The van der Waals surface area contributed by atoms with E-state index in [1.807, 2.05) is 12.4 Å². The van der Waals surface area contributed by atoms with Crippen molar-refractivity contribution >= 4 is 5.95 Å². The van der Waals surface area contributed by atoms with Crippen LogP contribution in [0.25, 0.3) is 0 Å². The van der Waals surface area contributed by atoms with Crippen molar-refractivity contribution in [2.45, 2.75) is 47.1 Å². The molecule has 0 atom stereocenters. The van der Waals surface area contributed by atoms with Crippen molar-refractivity contribution in [3.8, 4) is 0 Å². The summed E-state index contributed by atoms with van der Waals surface area (Å²) < 4.78 is 2.19. The molecule has 0 saturated heterocycles. The number of anilines is 1. The third-order valence-corrected chi connectivity index (χ3v) is 2.52. The van der Waals surface area contributed by atoms with Gasteiger partial charge in [-0.2, -0.15) is 0 Å². The van der Waals surface area contributed by atoms with E-state index in [9.17, 15) is 0 Å². The Labute approximate surface area is 99.3 Å². The molecule has 0 spiro atoms. The zero-order chi connectivity index (χ0) is 12.0. The molecule has 1 rings (SSSR count). The minimum atomic E-state index is 0.658. The SMILES string of the molecule is CC(C)CCCNc1nccn1CC(C)C. The first-order valence-electron chi connectivity index (χ1n) is 6.34. The number of nitrogens with zero attached hydrogens (tertiary/aromatic N) is 2. The second-order valence-electron chi connectivity index (χ2n) is 5.26. The van der Waals surface area contributed by atoms with Gasteiger partial charge in [0.1, 0.15) is 0 Å². The molecule has 0 aliphatic heterocycles. The Kier molecular flexibility index (Phi) is 5.36. The topological polar surface area (TPSA) is 29.9 Å². The molecule has 0 radical (unpaired) electrons. The van der Waals surface area contributed by atoms with Gasteiger partial charge >= 0.3 is 0 Å². The fraction of sp³-hybridized carbons (Fsp3) is 0.769. The second-order valence-corrected chi connectivity index (χ2v) is 5.26. The molecule has 0 saturated carbocycles. The lowest BCUT2D eigenvalue weighted by Crippen LogP contribution is -2.11. The van der Waals surface area contributed by atoms with Gasteiger partial charge < -0.3 is 9.88 Å². The molecule has 16 heavy (non-hydrogen) atoms. The number of aromatic nitrogens is 2. The zero-order valence-corrected chi connectivity index (χ0v) is 11.0. The van der Waals surface area contributed by atoms with Gasteiger partial charge in [-0.3, -0.25) is 0 Å². The van der Waals surface area contributed by atoms with Gasteiger partial charge in [-0.25, -0.2) is 4.98 Å². The van der Waals surface area contributed by atoms with Crippen LogP contribution in [0.4, 0.5) is 5.95 Å². The van der Waals surface area contributed by atoms with Gasteiger partial charge in [0.15, 0.2) is 0 Å². The number of imidazole rings is 1. The molecule has 1 aromatic heterocycles. The Bertz CT molecular complexity index is 289. The van der Waals surface area contributed by atoms with E-state index in [1.165, 1.54) is 12.8 Å². The van der Waals surface area contributed by atoms with Crippen molar-refractivity contribution in [3.05, 3.63) is 12.4 Å². The first kappa shape index (κ1) is 13.1. The molecule has 3 heteroatoms. The van der Waals surface area contributed by atoms with E-state index in [-0.39, 0.29) is 0 Å². The quantitative estimate of drug-likeness (QED) is 0.718. The summed E-state index contributed by atoms with van der Waals surface area (Å²) >= 11 is 0. The fourth-order valence-corrected chi connectivity index (χ4v) is 1.73. The van der Waals surface area contributed by atoms with Crippen LogP contribution in [0.5, 0.6) is 0 Å². The first-order chi connectivity index (χ1) is 7.59.